The van der Waals surface area contributed by atoms with Gasteiger partial charge in [-0.15, -0.1) is 0 Å². The fourth-order valence-corrected chi connectivity index (χ4v) is 2.76. The third kappa shape index (κ3) is 2.80. The smallest absolute Gasteiger partial charge is 0.422 e. The van der Waals surface area contributed by atoms with E-state index in [0.717, 1.165) is 19.3 Å². The molecule has 1 amide bonds. The van der Waals surface area contributed by atoms with Gasteiger partial charge in [-0.2, -0.15) is 13.2 Å². The second-order valence-corrected chi connectivity index (χ2v) is 4.62. The molecule has 6 heteroatoms. The van der Waals surface area contributed by atoms with Gasteiger partial charge in [0.1, 0.15) is 0 Å². The van der Waals surface area contributed by atoms with Crippen LogP contribution in [0.15, 0.2) is 0 Å². The van der Waals surface area contributed by atoms with Crippen molar-refractivity contribution < 1.29 is 22.7 Å². The van der Waals surface area contributed by atoms with Gasteiger partial charge in [0.25, 0.3) is 0 Å². The second kappa shape index (κ2) is 4.14. The quantitative estimate of drug-likeness (QED) is 0.801. The lowest BCUT2D eigenvalue weighted by atomic mass is 9.96. The number of halogens is 3. The molecule has 0 aliphatic heterocycles. The van der Waals surface area contributed by atoms with Gasteiger partial charge in [0, 0.05) is 6.04 Å². The van der Waals surface area contributed by atoms with Crippen molar-refractivity contribution in [3.8, 4) is 0 Å². The minimum atomic E-state index is -4.45. The van der Waals surface area contributed by atoms with Crippen LogP contribution in [0.2, 0.25) is 0 Å². The molecular weight excluding hydrogens is 223 g/mol. The van der Waals surface area contributed by atoms with E-state index in [1.807, 2.05) is 0 Å². The van der Waals surface area contributed by atoms with Gasteiger partial charge in [0.15, 0.2) is 6.61 Å². The van der Waals surface area contributed by atoms with E-state index in [-0.39, 0.29) is 6.04 Å². The zero-order valence-electron chi connectivity index (χ0n) is 8.72. The first-order chi connectivity index (χ1) is 7.44. The molecule has 3 atom stereocenters. The summed E-state index contributed by atoms with van der Waals surface area (Å²) in [5, 5.41) is 2.52. The Labute approximate surface area is 91.3 Å². The molecule has 0 aromatic heterocycles. The molecule has 0 radical (unpaired) electrons. The molecule has 2 fully saturated rings. The molecule has 16 heavy (non-hydrogen) atoms. The Kier molecular flexibility index (Phi) is 2.99. The van der Waals surface area contributed by atoms with E-state index in [4.69, 9.17) is 0 Å². The van der Waals surface area contributed by atoms with Crippen LogP contribution in [0.1, 0.15) is 25.7 Å². The van der Waals surface area contributed by atoms with Crippen LogP contribution in [-0.2, 0) is 4.74 Å². The summed E-state index contributed by atoms with van der Waals surface area (Å²) >= 11 is 0. The molecule has 92 valence electrons. The van der Waals surface area contributed by atoms with E-state index in [1.165, 1.54) is 6.42 Å². The van der Waals surface area contributed by atoms with Crippen LogP contribution < -0.4 is 5.32 Å². The normalized spacial score (nSPS) is 32.8. The van der Waals surface area contributed by atoms with Gasteiger partial charge < -0.3 is 10.1 Å². The van der Waals surface area contributed by atoms with Crippen molar-refractivity contribution in [1.82, 2.24) is 5.32 Å². The Morgan fingerprint density at radius 2 is 2.06 bits per heavy atom. The average molecular weight is 237 g/mol. The number of ether oxygens (including phenoxy) is 1. The van der Waals surface area contributed by atoms with Gasteiger partial charge in [-0.1, -0.05) is 6.42 Å². The molecule has 0 aromatic carbocycles. The summed E-state index contributed by atoms with van der Waals surface area (Å²) in [6, 6.07) is 0.0134. The van der Waals surface area contributed by atoms with E-state index in [2.05, 4.69) is 10.1 Å². The van der Waals surface area contributed by atoms with E-state index >= 15 is 0 Å². The third-order valence-electron chi connectivity index (χ3n) is 3.41. The van der Waals surface area contributed by atoms with E-state index in [9.17, 15) is 18.0 Å². The van der Waals surface area contributed by atoms with Crippen LogP contribution in [0.5, 0.6) is 0 Å². The van der Waals surface area contributed by atoms with Gasteiger partial charge in [-0.25, -0.2) is 4.79 Å². The number of nitrogens with one attached hydrogen (secondary N) is 1. The Morgan fingerprint density at radius 3 is 2.56 bits per heavy atom. The van der Waals surface area contributed by atoms with Crippen molar-refractivity contribution in [2.75, 3.05) is 6.61 Å². The predicted molar refractivity (Wildman–Crippen MR) is 49.8 cm³/mol. The highest BCUT2D eigenvalue weighted by Crippen LogP contribution is 2.44. The van der Waals surface area contributed by atoms with Gasteiger partial charge in [0.2, 0.25) is 0 Å². The minimum absolute atomic E-state index is 0.0134. The summed E-state index contributed by atoms with van der Waals surface area (Å²) in [6.07, 6.45) is -1.19. The summed E-state index contributed by atoms with van der Waals surface area (Å²) in [5.41, 5.74) is 0. The maximum atomic E-state index is 11.8. The van der Waals surface area contributed by atoms with E-state index in [0.29, 0.717) is 11.8 Å². The molecule has 2 bridgehead atoms. The van der Waals surface area contributed by atoms with Crippen molar-refractivity contribution >= 4 is 6.09 Å². The summed E-state index contributed by atoms with van der Waals surface area (Å²) in [6.45, 7) is -1.51. The second-order valence-electron chi connectivity index (χ2n) is 4.62. The van der Waals surface area contributed by atoms with Gasteiger partial charge >= 0.3 is 12.3 Å². The Bertz CT molecular complexity index is 280. The number of alkyl halides is 3. The average Bonchev–Trinajstić information content (AvgIpc) is 2.75. The molecule has 2 aliphatic rings. The Balaban J connectivity index is 1.72. The van der Waals surface area contributed by atoms with E-state index < -0.39 is 18.9 Å². The fourth-order valence-electron chi connectivity index (χ4n) is 2.76. The summed E-state index contributed by atoms with van der Waals surface area (Å²) in [5.74, 6) is 1.07. The molecule has 2 aliphatic carbocycles. The van der Waals surface area contributed by atoms with Crippen molar-refractivity contribution in [3.05, 3.63) is 0 Å². The third-order valence-corrected chi connectivity index (χ3v) is 3.41. The first-order valence-corrected chi connectivity index (χ1v) is 5.44. The van der Waals surface area contributed by atoms with Crippen molar-refractivity contribution in [2.45, 2.75) is 37.9 Å². The summed E-state index contributed by atoms with van der Waals surface area (Å²) in [4.78, 5) is 11.1. The minimum Gasteiger partial charge on any atom is -0.440 e. The lowest BCUT2D eigenvalue weighted by Crippen LogP contribution is -2.40. The number of carbonyl (C=O) groups excluding carboxylic acids is 1. The lowest BCUT2D eigenvalue weighted by molar-refractivity contribution is -0.160. The highest BCUT2D eigenvalue weighted by Gasteiger charge is 2.40. The highest BCUT2D eigenvalue weighted by molar-refractivity contribution is 5.67. The Hall–Kier alpha value is -0.940. The van der Waals surface area contributed by atoms with Crippen LogP contribution in [0.4, 0.5) is 18.0 Å². The molecule has 0 spiro atoms. The molecule has 3 unspecified atom stereocenters. The molecule has 0 aromatic rings. The standard InChI is InChI=1S/C10H14F3NO2/c11-10(12,13)5-16-9(15)14-8-4-6-1-2-7(8)3-6/h6-8H,1-5H2,(H,14,15). The highest BCUT2D eigenvalue weighted by atomic mass is 19.4. The van der Waals surface area contributed by atoms with Crippen LogP contribution in [0.25, 0.3) is 0 Å². The monoisotopic (exact) mass is 237 g/mol. The molecule has 2 rings (SSSR count). The summed E-state index contributed by atoms with van der Waals surface area (Å²) < 4.78 is 39.4. The first kappa shape index (κ1) is 11.5. The van der Waals surface area contributed by atoms with Crippen LogP contribution >= 0.6 is 0 Å². The number of amides is 1. The van der Waals surface area contributed by atoms with Crippen molar-refractivity contribution in [1.29, 1.82) is 0 Å². The van der Waals surface area contributed by atoms with Crippen molar-refractivity contribution in [3.63, 3.8) is 0 Å². The molecule has 2 saturated carbocycles. The lowest BCUT2D eigenvalue weighted by Gasteiger charge is -2.22. The van der Waals surface area contributed by atoms with Crippen LogP contribution in [-0.4, -0.2) is 24.9 Å². The molecule has 0 heterocycles. The van der Waals surface area contributed by atoms with Crippen LogP contribution in [0.3, 0.4) is 0 Å². The number of hydrogen-bond acceptors (Lipinski definition) is 2. The van der Waals surface area contributed by atoms with Crippen LogP contribution in [0, 0.1) is 11.8 Å². The summed E-state index contributed by atoms with van der Waals surface area (Å²) in [7, 11) is 0. The van der Waals surface area contributed by atoms with E-state index in [1.54, 1.807) is 0 Å². The van der Waals surface area contributed by atoms with Gasteiger partial charge in [-0.3, -0.25) is 0 Å². The van der Waals surface area contributed by atoms with Crippen molar-refractivity contribution in [2.24, 2.45) is 11.8 Å². The Morgan fingerprint density at radius 1 is 1.31 bits per heavy atom. The first-order valence-electron chi connectivity index (χ1n) is 5.44. The van der Waals surface area contributed by atoms with Gasteiger partial charge in [-0.05, 0) is 31.1 Å². The zero-order chi connectivity index (χ0) is 11.8. The maximum Gasteiger partial charge on any atom is 0.422 e. The molecular formula is C10H14F3NO2. The number of alkyl carbamates (subject to hydrolysis) is 1. The molecule has 0 saturated heterocycles. The maximum absolute atomic E-state index is 11.8. The SMILES string of the molecule is O=C(NC1CC2CCC1C2)OCC(F)(F)F. The largest absolute Gasteiger partial charge is 0.440 e. The van der Waals surface area contributed by atoms with Gasteiger partial charge in [0.05, 0.1) is 0 Å². The number of carbonyl (C=O) groups is 1. The number of rotatable bonds is 2. The topological polar surface area (TPSA) is 38.3 Å². The molecule has 3 nitrogen and oxygen atoms in total. The number of hydrogen-bond donors (Lipinski definition) is 1. The predicted octanol–water partition coefficient (Wildman–Crippen LogP) is 2.46. The molecule has 1 N–H and O–H groups in total. The number of fused-ring (bicyclic) bond motifs is 2. The fraction of sp³-hybridized carbons (Fsp3) is 0.900. The zero-order valence-corrected chi connectivity index (χ0v) is 8.72.